The summed E-state index contributed by atoms with van der Waals surface area (Å²) in [7, 11) is 0. The van der Waals surface area contributed by atoms with E-state index in [1.807, 2.05) is 13.8 Å². The highest BCUT2D eigenvalue weighted by Crippen LogP contribution is 2.24. The molecule has 0 unspecified atom stereocenters. The van der Waals surface area contributed by atoms with Crippen LogP contribution in [-0.4, -0.2) is 40.5 Å². The Morgan fingerprint density at radius 3 is 2.63 bits per heavy atom. The Bertz CT molecular complexity index is 779. The molecule has 0 spiro atoms. The van der Waals surface area contributed by atoms with Crippen molar-refractivity contribution in [1.29, 1.82) is 0 Å². The van der Waals surface area contributed by atoms with Crippen LogP contribution in [-0.2, 0) is 4.79 Å². The quantitative estimate of drug-likeness (QED) is 0.839. The summed E-state index contributed by atoms with van der Waals surface area (Å²) in [5.74, 6) is 1.23. The van der Waals surface area contributed by atoms with Gasteiger partial charge in [0.1, 0.15) is 6.04 Å². The van der Waals surface area contributed by atoms with Crippen LogP contribution in [0.1, 0.15) is 51.0 Å². The Morgan fingerprint density at radius 1 is 1.26 bits per heavy atom. The highest BCUT2D eigenvalue weighted by molar-refractivity contribution is 5.97. The van der Waals surface area contributed by atoms with Crippen LogP contribution < -0.4 is 5.32 Å². The first-order chi connectivity index (χ1) is 12.8. The molecule has 2 aromatic heterocycles. The molecule has 146 valence electrons. The first-order valence-electron chi connectivity index (χ1n) is 9.47. The van der Waals surface area contributed by atoms with Gasteiger partial charge in [0, 0.05) is 18.7 Å². The van der Waals surface area contributed by atoms with Crippen molar-refractivity contribution >= 4 is 11.8 Å². The van der Waals surface area contributed by atoms with Crippen LogP contribution in [0.3, 0.4) is 0 Å². The van der Waals surface area contributed by atoms with Gasteiger partial charge in [-0.15, -0.1) is 0 Å². The number of hydrogen-bond acceptors (Lipinski definition) is 5. The Balaban J connectivity index is 1.84. The summed E-state index contributed by atoms with van der Waals surface area (Å²) in [5, 5.41) is 6.99. The fourth-order valence-electron chi connectivity index (χ4n) is 3.52. The summed E-state index contributed by atoms with van der Waals surface area (Å²) in [4.78, 5) is 27.5. The maximum atomic E-state index is 13.1. The number of nitrogens with zero attached hydrogens (tertiary/aromatic N) is 2. The lowest BCUT2D eigenvalue weighted by Gasteiger charge is -2.40. The van der Waals surface area contributed by atoms with Crippen LogP contribution in [0, 0.1) is 11.8 Å². The number of amides is 2. The third kappa shape index (κ3) is 4.40. The number of carbonyl (C=O) groups is 2. The first kappa shape index (κ1) is 19.2. The number of furan rings is 1. The molecule has 1 aliphatic rings. The number of piperazine rings is 1. The normalized spacial score (nSPS) is 20.4. The largest absolute Gasteiger partial charge is 0.461 e. The zero-order chi connectivity index (χ0) is 19.6. The van der Waals surface area contributed by atoms with E-state index in [0.29, 0.717) is 30.4 Å². The number of hydrogen-bond donors (Lipinski definition) is 1. The second-order valence-corrected chi connectivity index (χ2v) is 7.99. The van der Waals surface area contributed by atoms with Crippen molar-refractivity contribution in [2.45, 2.75) is 52.6 Å². The molecule has 7 nitrogen and oxygen atoms in total. The summed E-state index contributed by atoms with van der Waals surface area (Å²) in [6.07, 6.45) is 2.96. The van der Waals surface area contributed by atoms with Gasteiger partial charge in [-0.1, -0.05) is 32.9 Å². The second-order valence-electron chi connectivity index (χ2n) is 7.99. The van der Waals surface area contributed by atoms with Crippen molar-refractivity contribution in [3.8, 4) is 11.5 Å². The van der Waals surface area contributed by atoms with E-state index < -0.39 is 6.04 Å². The molecule has 7 heteroatoms. The molecule has 2 atom stereocenters. The van der Waals surface area contributed by atoms with E-state index in [4.69, 9.17) is 8.94 Å². The van der Waals surface area contributed by atoms with Gasteiger partial charge in [0.15, 0.2) is 11.5 Å². The van der Waals surface area contributed by atoms with Crippen molar-refractivity contribution in [2.24, 2.45) is 11.8 Å². The molecule has 1 saturated heterocycles. The minimum Gasteiger partial charge on any atom is -0.461 e. The van der Waals surface area contributed by atoms with Crippen LogP contribution in [0.5, 0.6) is 0 Å². The molecule has 2 amide bonds. The van der Waals surface area contributed by atoms with Gasteiger partial charge in [0.2, 0.25) is 11.7 Å². The van der Waals surface area contributed by atoms with Gasteiger partial charge < -0.3 is 19.2 Å². The van der Waals surface area contributed by atoms with E-state index >= 15 is 0 Å². The fourth-order valence-corrected chi connectivity index (χ4v) is 3.52. The third-order valence-electron chi connectivity index (χ3n) is 4.65. The van der Waals surface area contributed by atoms with Crippen molar-refractivity contribution in [2.75, 3.05) is 6.54 Å². The van der Waals surface area contributed by atoms with Gasteiger partial charge in [0.25, 0.3) is 5.91 Å². The summed E-state index contributed by atoms with van der Waals surface area (Å²) < 4.78 is 10.6. The average Bonchev–Trinajstić information content (AvgIpc) is 3.26. The molecule has 1 N–H and O–H groups in total. The van der Waals surface area contributed by atoms with Crippen molar-refractivity contribution < 1.29 is 18.5 Å². The first-order valence-corrected chi connectivity index (χ1v) is 9.47. The van der Waals surface area contributed by atoms with E-state index in [-0.39, 0.29) is 29.5 Å². The van der Waals surface area contributed by atoms with Gasteiger partial charge in [-0.05, 0) is 36.8 Å². The maximum Gasteiger partial charge on any atom is 0.276 e. The molecular weight excluding hydrogens is 346 g/mol. The third-order valence-corrected chi connectivity index (χ3v) is 4.65. The van der Waals surface area contributed by atoms with Crippen LogP contribution in [0.15, 0.2) is 33.4 Å². The number of rotatable bonds is 6. The lowest BCUT2D eigenvalue weighted by atomic mass is 9.94. The number of aromatic nitrogens is 1. The van der Waals surface area contributed by atoms with Crippen LogP contribution in [0.4, 0.5) is 0 Å². The molecule has 0 saturated carbocycles. The molecule has 3 heterocycles. The predicted molar refractivity (Wildman–Crippen MR) is 99.9 cm³/mol. The van der Waals surface area contributed by atoms with Gasteiger partial charge in [-0.3, -0.25) is 9.59 Å². The highest BCUT2D eigenvalue weighted by Gasteiger charge is 2.39. The standard InChI is InChI=1S/C20H27N3O4/c1-12(2)8-14-11-23(16(9-13(3)4)19(24)21-14)20(25)15-10-18(27-22-15)17-6-5-7-26-17/h5-7,10,12-14,16H,8-9,11H2,1-4H3,(H,21,24)/t14-,16-/m0/s1. The smallest absolute Gasteiger partial charge is 0.276 e. The van der Waals surface area contributed by atoms with E-state index in [2.05, 4.69) is 24.3 Å². The van der Waals surface area contributed by atoms with Crippen LogP contribution >= 0.6 is 0 Å². The van der Waals surface area contributed by atoms with E-state index in [1.165, 1.54) is 6.26 Å². The Morgan fingerprint density at radius 2 is 2.00 bits per heavy atom. The SMILES string of the molecule is CC(C)C[C@H]1CN(C(=O)c2cc(-c3ccco3)on2)[C@@H](CC(C)C)C(=O)N1. The second kappa shape index (κ2) is 7.98. The summed E-state index contributed by atoms with van der Waals surface area (Å²) >= 11 is 0. The minimum absolute atomic E-state index is 0.0543. The van der Waals surface area contributed by atoms with Gasteiger partial charge in [-0.25, -0.2) is 0 Å². The minimum atomic E-state index is -0.496. The highest BCUT2D eigenvalue weighted by atomic mass is 16.5. The molecular formula is C20H27N3O4. The van der Waals surface area contributed by atoms with Gasteiger partial charge in [-0.2, -0.15) is 0 Å². The molecule has 1 fully saturated rings. The molecule has 0 bridgehead atoms. The topological polar surface area (TPSA) is 88.6 Å². The summed E-state index contributed by atoms with van der Waals surface area (Å²) in [5.41, 5.74) is 0.188. The zero-order valence-electron chi connectivity index (χ0n) is 16.3. The van der Waals surface area contributed by atoms with Crippen LogP contribution in [0.25, 0.3) is 11.5 Å². The molecule has 0 radical (unpaired) electrons. The monoisotopic (exact) mass is 373 g/mol. The zero-order valence-corrected chi connectivity index (χ0v) is 16.3. The van der Waals surface area contributed by atoms with E-state index in [9.17, 15) is 9.59 Å². The number of nitrogens with one attached hydrogen (secondary N) is 1. The molecule has 2 aromatic rings. The maximum absolute atomic E-state index is 13.1. The van der Waals surface area contributed by atoms with Crippen molar-refractivity contribution in [1.82, 2.24) is 15.4 Å². The fraction of sp³-hybridized carbons (Fsp3) is 0.550. The van der Waals surface area contributed by atoms with Crippen molar-refractivity contribution in [3.63, 3.8) is 0 Å². The molecule has 1 aliphatic heterocycles. The molecule has 3 rings (SSSR count). The predicted octanol–water partition coefficient (Wildman–Crippen LogP) is 3.34. The number of carbonyl (C=O) groups excluding carboxylic acids is 2. The van der Waals surface area contributed by atoms with E-state index in [1.54, 1.807) is 23.1 Å². The van der Waals surface area contributed by atoms with Gasteiger partial charge in [0.05, 0.1) is 6.26 Å². The van der Waals surface area contributed by atoms with Crippen LogP contribution in [0.2, 0.25) is 0 Å². The van der Waals surface area contributed by atoms with Crippen molar-refractivity contribution in [3.05, 3.63) is 30.2 Å². The summed E-state index contributed by atoms with van der Waals surface area (Å²) in [6, 6.07) is 4.50. The lowest BCUT2D eigenvalue weighted by molar-refractivity contribution is -0.130. The molecule has 0 aliphatic carbocycles. The molecule has 27 heavy (non-hydrogen) atoms. The average molecular weight is 373 g/mol. The van der Waals surface area contributed by atoms with Gasteiger partial charge >= 0.3 is 0 Å². The summed E-state index contributed by atoms with van der Waals surface area (Å²) in [6.45, 7) is 8.77. The Kier molecular flexibility index (Phi) is 5.68. The molecule has 0 aromatic carbocycles. The lowest BCUT2D eigenvalue weighted by Crippen LogP contribution is -2.62. The Hall–Kier alpha value is -2.57. The Labute approximate surface area is 159 Å². The van der Waals surface area contributed by atoms with E-state index in [0.717, 1.165) is 6.42 Å².